The van der Waals surface area contributed by atoms with Gasteiger partial charge in [-0.2, -0.15) is 0 Å². The Morgan fingerprint density at radius 3 is 2.57 bits per heavy atom. The topological polar surface area (TPSA) is 63.9 Å². The Bertz CT molecular complexity index is 813. The molecule has 3 aromatic rings. The molecule has 6 nitrogen and oxygen atoms in total. The third-order valence-corrected chi connectivity index (χ3v) is 3.62. The Balaban J connectivity index is 1.95. The summed E-state index contributed by atoms with van der Waals surface area (Å²) in [6.45, 7) is 2.56. The minimum atomic E-state index is -0.0457. The average Bonchev–Trinajstić information content (AvgIpc) is 3.02. The minimum absolute atomic E-state index is 0.0457. The average molecular weight is 307 g/mol. The summed E-state index contributed by atoms with van der Waals surface area (Å²) in [5.41, 5.74) is 2.30. The number of carbonyl (C=O) groups excluding carboxylic acids is 1. The lowest BCUT2D eigenvalue weighted by Gasteiger charge is -2.21. The molecule has 116 valence electrons. The van der Waals surface area contributed by atoms with Crippen LogP contribution in [0.5, 0.6) is 0 Å². The van der Waals surface area contributed by atoms with Crippen LogP contribution in [-0.4, -0.2) is 32.7 Å². The fourth-order valence-electron chi connectivity index (χ4n) is 2.47. The number of aryl methyl sites for hydroxylation is 1. The third kappa shape index (κ3) is 2.96. The highest BCUT2D eigenvalue weighted by Gasteiger charge is 2.17. The van der Waals surface area contributed by atoms with E-state index in [-0.39, 0.29) is 5.91 Å². The van der Waals surface area contributed by atoms with E-state index in [4.69, 9.17) is 0 Å². The highest BCUT2D eigenvalue weighted by Crippen LogP contribution is 2.20. The molecule has 23 heavy (non-hydrogen) atoms. The number of anilines is 1. The molecule has 0 radical (unpaired) electrons. The molecule has 0 aliphatic rings. The van der Waals surface area contributed by atoms with Gasteiger partial charge in [0.2, 0.25) is 0 Å². The number of benzene rings is 2. The lowest BCUT2D eigenvalue weighted by Crippen LogP contribution is -2.30. The first-order valence-corrected chi connectivity index (χ1v) is 7.40. The summed E-state index contributed by atoms with van der Waals surface area (Å²) in [4.78, 5) is 14.6. The van der Waals surface area contributed by atoms with E-state index in [9.17, 15) is 4.79 Å². The van der Waals surface area contributed by atoms with Crippen LogP contribution < -0.4 is 4.90 Å². The Morgan fingerprint density at radius 2 is 1.91 bits per heavy atom. The molecule has 1 amide bonds. The molecule has 0 N–H and O–H groups in total. The third-order valence-electron chi connectivity index (χ3n) is 3.62. The monoisotopic (exact) mass is 307 g/mol. The van der Waals surface area contributed by atoms with Crippen LogP contribution >= 0.6 is 0 Å². The Morgan fingerprint density at radius 1 is 1.13 bits per heavy atom. The van der Waals surface area contributed by atoms with Crippen molar-refractivity contribution in [2.75, 3.05) is 11.4 Å². The number of rotatable bonds is 4. The van der Waals surface area contributed by atoms with Crippen LogP contribution in [0.1, 0.15) is 17.3 Å². The molecule has 0 unspecified atom stereocenters. The molecule has 0 bridgehead atoms. The molecule has 1 aromatic heterocycles. The summed E-state index contributed by atoms with van der Waals surface area (Å²) >= 11 is 0. The van der Waals surface area contributed by atoms with Gasteiger partial charge in [-0.3, -0.25) is 4.79 Å². The van der Waals surface area contributed by atoms with Gasteiger partial charge in [0.15, 0.2) is 5.82 Å². The standard InChI is InChI=1S/C17H17N5O/c1-3-22(15-10-5-4-6-11-15)17(23)14-9-7-8-13(12-14)16-18-19-20-21(16)2/h4-12H,3H2,1-2H3. The summed E-state index contributed by atoms with van der Waals surface area (Å²) in [6, 6.07) is 17.0. The van der Waals surface area contributed by atoms with Crippen LogP contribution in [0.25, 0.3) is 11.4 Å². The number of aromatic nitrogens is 4. The Hall–Kier alpha value is -3.02. The fraction of sp³-hybridized carbons (Fsp3) is 0.176. The van der Waals surface area contributed by atoms with Gasteiger partial charge in [0, 0.05) is 30.4 Å². The first-order valence-electron chi connectivity index (χ1n) is 7.40. The quantitative estimate of drug-likeness (QED) is 0.743. The number of hydrogen-bond donors (Lipinski definition) is 0. The molecule has 6 heteroatoms. The van der Waals surface area contributed by atoms with Gasteiger partial charge in [-0.15, -0.1) is 5.10 Å². The first kappa shape index (κ1) is 14.9. The van der Waals surface area contributed by atoms with Crippen LogP contribution in [0.15, 0.2) is 54.6 Å². The maximum Gasteiger partial charge on any atom is 0.258 e. The van der Waals surface area contributed by atoms with Gasteiger partial charge in [-0.25, -0.2) is 4.68 Å². The van der Waals surface area contributed by atoms with E-state index in [0.717, 1.165) is 11.3 Å². The maximum atomic E-state index is 12.9. The largest absolute Gasteiger partial charge is 0.309 e. The molecule has 0 atom stereocenters. The molecule has 0 spiro atoms. The van der Waals surface area contributed by atoms with Crippen LogP contribution in [0, 0.1) is 0 Å². The second-order valence-electron chi connectivity index (χ2n) is 5.09. The van der Waals surface area contributed by atoms with E-state index < -0.39 is 0 Å². The van der Waals surface area contributed by atoms with Gasteiger partial charge >= 0.3 is 0 Å². The van der Waals surface area contributed by atoms with Crippen LogP contribution in [0.3, 0.4) is 0 Å². The summed E-state index contributed by atoms with van der Waals surface area (Å²) in [7, 11) is 1.77. The van der Waals surface area contributed by atoms with Crippen LogP contribution in [0.2, 0.25) is 0 Å². The van der Waals surface area contributed by atoms with Crippen molar-refractivity contribution in [1.29, 1.82) is 0 Å². The Labute approximate surface area is 134 Å². The molecule has 0 saturated heterocycles. The van der Waals surface area contributed by atoms with Crippen molar-refractivity contribution in [3.63, 3.8) is 0 Å². The van der Waals surface area contributed by atoms with Gasteiger partial charge in [0.25, 0.3) is 5.91 Å². The van der Waals surface area contributed by atoms with E-state index in [2.05, 4.69) is 15.5 Å². The van der Waals surface area contributed by atoms with E-state index in [0.29, 0.717) is 17.9 Å². The van der Waals surface area contributed by atoms with Crippen molar-refractivity contribution in [3.05, 3.63) is 60.2 Å². The van der Waals surface area contributed by atoms with Crippen molar-refractivity contribution < 1.29 is 4.79 Å². The molecule has 0 saturated carbocycles. The van der Waals surface area contributed by atoms with Crippen LogP contribution in [0.4, 0.5) is 5.69 Å². The summed E-state index contributed by atoms with van der Waals surface area (Å²) in [5.74, 6) is 0.582. The summed E-state index contributed by atoms with van der Waals surface area (Å²) in [5, 5.41) is 11.5. The van der Waals surface area contributed by atoms with Gasteiger partial charge in [0.1, 0.15) is 0 Å². The van der Waals surface area contributed by atoms with Crippen molar-refractivity contribution in [1.82, 2.24) is 20.2 Å². The molecule has 2 aromatic carbocycles. The molecule has 0 aliphatic carbocycles. The van der Waals surface area contributed by atoms with Crippen molar-refractivity contribution >= 4 is 11.6 Å². The van der Waals surface area contributed by atoms with E-state index >= 15 is 0 Å². The zero-order valence-corrected chi connectivity index (χ0v) is 13.0. The first-order chi connectivity index (χ1) is 11.2. The smallest absolute Gasteiger partial charge is 0.258 e. The zero-order chi connectivity index (χ0) is 16.2. The van der Waals surface area contributed by atoms with Crippen LogP contribution in [-0.2, 0) is 7.05 Å². The van der Waals surface area contributed by atoms with E-state index in [1.165, 1.54) is 0 Å². The van der Waals surface area contributed by atoms with Gasteiger partial charge in [-0.1, -0.05) is 30.3 Å². The summed E-state index contributed by atoms with van der Waals surface area (Å²) < 4.78 is 1.58. The summed E-state index contributed by atoms with van der Waals surface area (Å²) in [6.07, 6.45) is 0. The number of para-hydroxylation sites is 1. The minimum Gasteiger partial charge on any atom is -0.309 e. The second kappa shape index (κ2) is 6.39. The molecule has 0 fully saturated rings. The zero-order valence-electron chi connectivity index (χ0n) is 13.0. The predicted octanol–water partition coefficient (Wildman–Crippen LogP) is 2.54. The molecular weight excluding hydrogens is 290 g/mol. The molecule has 3 rings (SSSR count). The molecular formula is C17H17N5O. The number of hydrogen-bond acceptors (Lipinski definition) is 4. The normalized spacial score (nSPS) is 10.5. The van der Waals surface area contributed by atoms with Crippen molar-refractivity contribution in [3.8, 4) is 11.4 Å². The number of tetrazole rings is 1. The molecule has 1 heterocycles. The fourth-order valence-corrected chi connectivity index (χ4v) is 2.47. The maximum absolute atomic E-state index is 12.9. The van der Waals surface area contributed by atoms with E-state index in [1.54, 1.807) is 22.7 Å². The number of amides is 1. The van der Waals surface area contributed by atoms with Gasteiger partial charge in [0.05, 0.1) is 0 Å². The van der Waals surface area contributed by atoms with Crippen molar-refractivity contribution in [2.45, 2.75) is 6.92 Å². The highest BCUT2D eigenvalue weighted by atomic mass is 16.2. The number of carbonyl (C=O) groups is 1. The lowest BCUT2D eigenvalue weighted by molar-refractivity contribution is 0.0988. The van der Waals surface area contributed by atoms with Crippen molar-refractivity contribution in [2.24, 2.45) is 7.05 Å². The number of nitrogens with zero attached hydrogens (tertiary/aromatic N) is 5. The molecule has 0 aliphatic heterocycles. The predicted molar refractivity (Wildman–Crippen MR) is 88.0 cm³/mol. The van der Waals surface area contributed by atoms with E-state index in [1.807, 2.05) is 55.5 Å². The highest BCUT2D eigenvalue weighted by molar-refractivity contribution is 6.06. The van der Waals surface area contributed by atoms with Gasteiger partial charge < -0.3 is 4.90 Å². The Kier molecular flexibility index (Phi) is 4.14. The SMILES string of the molecule is CCN(C(=O)c1cccc(-c2nnnn2C)c1)c1ccccc1. The lowest BCUT2D eigenvalue weighted by atomic mass is 10.1. The second-order valence-corrected chi connectivity index (χ2v) is 5.09. The van der Waals surface area contributed by atoms with Gasteiger partial charge in [-0.05, 0) is 41.6 Å².